The van der Waals surface area contributed by atoms with Gasteiger partial charge in [0.1, 0.15) is 11.3 Å². The van der Waals surface area contributed by atoms with Gasteiger partial charge < -0.3 is 14.5 Å². The van der Waals surface area contributed by atoms with Crippen molar-refractivity contribution in [1.82, 2.24) is 4.98 Å². The van der Waals surface area contributed by atoms with Crippen LogP contribution in [-0.2, 0) is 4.79 Å². The summed E-state index contributed by atoms with van der Waals surface area (Å²) in [6.07, 6.45) is 1.08. The van der Waals surface area contributed by atoms with Gasteiger partial charge in [0.25, 0.3) is 5.91 Å². The van der Waals surface area contributed by atoms with Crippen molar-refractivity contribution in [1.29, 1.82) is 0 Å². The zero-order valence-corrected chi connectivity index (χ0v) is 19.2. The van der Waals surface area contributed by atoms with Gasteiger partial charge >= 0.3 is 0 Å². The number of carbonyl (C=O) groups excluding carboxylic acids is 1. The fourth-order valence-corrected chi connectivity index (χ4v) is 3.53. The van der Waals surface area contributed by atoms with E-state index in [4.69, 9.17) is 32.4 Å². The summed E-state index contributed by atoms with van der Waals surface area (Å²) in [6.45, 7) is 4.25. The summed E-state index contributed by atoms with van der Waals surface area (Å²) >= 11 is 12.1. The molecule has 0 aliphatic rings. The Kier molecular flexibility index (Phi) is 6.68. The predicted octanol–water partition coefficient (Wildman–Crippen LogP) is 7.33. The molecule has 1 N–H and O–H groups in total. The lowest BCUT2D eigenvalue weighted by Gasteiger charge is -2.11. The second-order valence-corrected chi connectivity index (χ2v) is 8.36. The molecule has 1 amide bonds. The van der Waals surface area contributed by atoms with Gasteiger partial charge in [0.2, 0.25) is 5.89 Å². The molecule has 0 aliphatic carbocycles. The number of rotatable bonds is 7. The van der Waals surface area contributed by atoms with Crippen LogP contribution in [-0.4, -0.2) is 17.5 Å². The standard InChI is InChI=1S/C25H22Cl2N2O3/c1-3-15(2)16-4-8-19(9-5-16)31-14-24(30)28-18-7-11-23-22(13-18)29-25(32-23)17-6-10-20(26)21(27)12-17/h4-13,15H,3,14H2,1-2H3,(H,28,30). The maximum atomic E-state index is 12.3. The molecule has 1 heterocycles. The van der Waals surface area contributed by atoms with Crippen LogP contribution < -0.4 is 10.1 Å². The van der Waals surface area contributed by atoms with Gasteiger partial charge in [-0.3, -0.25) is 4.79 Å². The van der Waals surface area contributed by atoms with Crippen LogP contribution in [0.5, 0.6) is 5.75 Å². The molecule has 164 valence electrons. The Morgan fingerprint density at radius 1 is 1.06 bits per heavy atom. The van der Waals surface area contributed by atoms with Crippen molar-refractivity contribution in [3.63, 3.8) is 0 Å². The first kappa shape index (κ1) is 22.2. The first-order valence-electron chi connectivity index (χ1n) is 10.3. The molecule has 0 saturated carbocycles. The Morgan fingerprint density at radius 3 is 2.56 bits per heavy atom. The topological polar surface area (TPSA) is 64.4 Å². The van der Waals surface area contributed by atoms with E-state index in [9.17, 15) is 4.79 Å². The molecule has 1 aromatic heterocycles. The van der Waals surface area contributed by atoms with Crippen LogP contribution in [0.25, 0.3) is 22.6 Å². The van der Waals surface area contributed by atoms with Crippen molar-refractivity contribution in [3.8, 4) is 17.2 Å². The Hall–Kier alpha value is -3.02. The molecular formula is C25H22Cl2N2O3. The number of carbonyl (C=O) groups is 1. The van der Waals surface area contributed by atoms with Crippen molar-refractivity contribution in [3.05, 3.63) is 76.3 Å². The van der Waals surface area contributed by atoms with Crippen LogP contribution in [0.4, 0.5) is 5.69 Å². The third-order valence-corrected chi connectivity index (χ3v) is 6.01. The number of aromatic nitrogens is 1. The van der Waals surface area contributed by atoms with Gasteiger partial charge in [0.05, 0.1) is 10.0 Å². The first-order chi connectivity index (χ1) is 15.4. The average molecular weight is 469 g/mol. The molecule has 0 fully saturated rings. The fourth-order valence-electron chi connectivity index (χ4n) is 3.23. The molecule has 0 aliphatic heterocycles. The van der Waals surface area contributed by atoms with Crippen molar-refractivity contribution >= 4 is 45.9 Å². The molecule has 32 heavy (non-hydrogen) atoms. The molecule has 1 unspecified atom stereocenters. The van der Waals surface area contributed by atoms with E-state index in [0.29, 0.717) is 50.0 Å². The third-order valence-electron chi connectivity index (χ3n) is 5.27. The Labute approximate surface area is 196 Å². The summed E-state index contributed by atoms with van der Waals surface area (Å²) in [5, 5.41) is 3.71. The van der Waals surface area contributed by atoms with E-state index in [1.807, 2.05) is 24.3 Å². The molecule has 3 aromatic carbocycles. The highest BCUT2D eigenvalue weighted by Gasteiger charge is 2.12. The summed E-state index contributed by atoms with van der Waals surface area (Å²) in [7, 11) is 0. The Balaban J connectivity index is 1.40. The number of amides is 1. The number of oxazole rings is 1. The predicted molar refractivity (Wildman–Crippen MR) is 129 cm³/mol. The molecular weight excluding hydrogens is 447 g/mol. The number of anilines is 1. The molecule has 0 spiro atoms. The van der Waals surface area contributed by atoms with Gasteiger partial charge in [-0.25, -0.2) is 4.98 Å². The van der Waals surface area contributed by atoms with E-state index < -0.39 is 0 Å². The van der Waals surface area contributed by atoms with E-state index in [-0.39, 0.29) is 12.5 Å². The van der Waals surface area contributed by atoms with E-state index in [2.05, 4.69) is 24.1 Å². The van der Waals surface area contributed by atoms with E-state index >= 15 is 0 Å². The third kappa shape index (κ3) is 5.06. The summed E-state index contributed by atoms with van der Waals surface area (Å²) in [5.41, 5.74) is 3.79. The minimum absolute atomic E-state index is 0.0892. The van der Waals surface area contributed by atoms with Crippen LogP contribution in [0.15, 0.2) is 65.1 Å². The van der Waals surface area contributed by atoms with E-state index in [1.54, 1.807) is 36.4 Å². The maximum Gasteiger partial charge on any atom is 0.262 e. The molecule has 0 saturated heterocycles. The zero-order chi connectivity index (χ0) is 22.7. The molecule has 0 radical (unpaired) electrons. The van der Waals surface area contributed by atoms with Crippen LogP contribution in [0.3, 0.4) is 0 Å². The highest BCUT2D eigenvalue weighted by atomic mass is 35.5. The number of hydrogen-bond acceptors (Lipinski definition) is 4. The highest BCUT2D eigenvalue weighted by molar-refractivity contribution is 6.42. The summed E-state index contributed by atoms with van der Waals surface area (Å²) in [6, 6.07) is 18.3. The first-order valence-corrected chi connectivity index (χ1v) is 11.1. The maximum absolute atomic E-state index is 12.3. The van der Waals surface area contributed by atoms with E-state index in [1.165, 1.54) is 5.56 Å². The highest BCUT2D eigenvalue weighted by Crippen LogP contribution is 2.31. The zero-order valence-electron chi connectivity index (χ0n) is 17.7. The summed E-state index contributed by atoms with van der Waals surface area (Å²) < 4.78 is 11.4. The Bertz CT molecular complexity index is 1250. The number of fused-ring (bicyclic) bond motifs is 1. The van der Waals surface area contributed by atoms with Crippen molar-refractivity contribution in [2.75, 3.05) is 11.9 Å². The quantitative estimate of drug-likeness (QED) is 0.308. The minimum atomic E-state index is -0.261. The normalized spacial score (nSPS) is 12.0. The largest absolute Gasteiger partial charge is 0.484 e. The van der Waals surface area contributed by atoms with Crippen molar-refractivity contribution in [2.24, 2.45) is 0 Å². The van der Waals surface area contributed by atoms with Crippen LogP contribution >= 0.6 is 23.2 Å². The number of benzene rings is 3. The molecule has 4 aromatic rings. The lowest BCUT2D eigenvalue weighted by Crippen LogP contribution is -2.20. The number of nitrogens with zero attached hydrogens (tertiary/aromatic N) is 1. The van der Waals surface area contributed by atoms with Gasteiger partial charge in [0, 0.05) is 11.3 Å². The smallest absolute Gasteiger partial charge is 0.262 e. The Morgan fingerprint density at radius 2 is 1.84 bits per heavy atom. The molecule has 0 bridgehead atoms. The lowest BCUT2D eigenvalue weighted by atomic mass is 9.99. The summed E-state index contributed by atoms with van der Waals surface area (Å²) in [5.74, 6) is 1.32. The number of halogens is 2. The average Bonchev–Trinajstić information content (AvgIpc) is 3.23. The van der Waals surface area contributed by atoms with Gasteiger partial charge in [-0.2, -0.15) is 0 Å². The van der Waals surface area contributed by atoms with Crippen LogP contribution in [0.2, 0.25) is 10.0 Å². The SMILES string of the molecule is CCC(C)c1ccc(OCC(=O)Nc2ccc3oc(-c4ccc(Cl)c(Cl)c4)nc3c2)cc1. The van der Waals surface area contributed by atoms with Gasteiger partial charge in [0.15, 0.2) is 12.2 Å². The monoisotopic (exact) mass is 468 g/mol. The van der Waals surface area contributed by atoms with Gasteiger partial charge in [-0.15, -0.1) is 0 Å². The molecule has 7 heteroatoms. The number of hydrogen-bond donors (Lipinski definition) is 1. The minimum Gasteiger partial charge on any atom is -0.484 e. The fraction of sp³-hybridized carbons (Fsp3) is 0.200. The van der Waals surface area contributed by atoms with E-state index in [0.717, 1.165) is 6.42 Å². The van der Waals surface area contributed by atoms with Crippen LogP contribution in [0.1, 0.15) is 31.7 Å². The second kappa shape index (κ2) is 9.63. The van der Waals surface area contributed by atoms with Crippen LogP contribution in [0, 0.1) is 0 Å². The molecule has 5 nitrogen and oxygen atoms in total. The number of ether oxygens (including phenoxy) is 1. The van der Waals surface area contributed by atoms with Gasteiger partial charge in [-0.05, 0) is 66.4 Å². The molecule has 4 rings (SSSR count). The van der Waals surface area contributed by atoms with Crippen molar-refractivity contribution in [2.45, 2.75) is 26.2 Å². The second-order valence-electron chi connectivity index (χ2n) is 7.55. The summed E-state index contributed by atoms with van der Waals surface area (Å²) in [4.78, 5) is 16.8. The molecule has 1 atom stereocenters. The number of nitrogens with one attached hydrogen (secondary N) is 1. The lowest BCUT2D eigenvalue weighted by molar-refractivity contribution is -0.118. The van der Waals surface area contributed by atoms with Crippen molar-refractivity contribution < 1.29 is 13.9 Å². The van der Waals surface area contributed by atoms with Gasteiger partial charge in [-0.1, -0.05) is 49.2 Å².